The number of carbonyl (C=O) groups excluding carboxylic acids is 1. The quantitative estimate of drug-likeness (QED) is 0.509. The van der Waals surface area contributed by atoms with Gasteiger partial charge in [0.2, 0.25) is 0 Å². The van der Waals surface area contributed by atoms with Crippen LogP contribution in [0.5, 0.6) is 5.75 Å². The molecule has 0 heterocycles. The number of aliphatic hydroxyl groups is 1. The Bertz CT molecular complexity index is 690. The summed E-state index contributed by atoms with van der Waals surface area (Å²) in [5.41, 5.74) is 1.10. The maximum atomic E-state index is 13.0. The number of ketones is 1. The van der Waals surface area contributed by atoms with Crippen molar-refractivity contribution in [2.75, 3.05) is 0 Å². The predicted molar refractivity (Wildman–Crippen MR) is 74.2 cm³/mol. The summed E-state index contributed by atoms with van der Waals surface area (Å²) < 4.78 is 13.0. The Kier molecular flexibility index (Phi) is 3.84. The van der Waals surface area contributed by atoms with E-state index in [0.29, 0.717) is 0 Å². The number of aryl methyl sites for hydroxylation is 1. The predicted octanol–water partition coefficient (Wildman–Crippen LogP) is 3.62. The first kappa shape index (κ1) is 13.8. The van der Waals surface area contributed by atoms with Crippen molar-refractivity contribution in [3.05, 3.63) is 71.0 Å². The van der Waals surface area contributed by atoms with Crippen LogP contribution in [0, 0.1) is 12.7 Å². The number of hydrogen-bond donors (Lipinski definition) is 2. The molecular weight excluding hydrogens is 259 g/mol. The van der Waals surface area contributed by atoms with E-state index in [1.807, 2.05) is 0 Å². The lowest BCUT2D eigenvalue weighted by Crippen LogP contribution is -1.98. The fourth-order valence-electron chi connectivity index (χ4n) is 1.78. The number of halogens is 1. The Hall–Kier alpha value is -2.62. The second-order valence-corrected chi connectivity index (χ2v) is 4.42. The molecule has 4 heteroatoms. The molecule has 0 aliphatic rings. The minimum atomic E-state index is -0.548. The van der Waals surface area contributed by atoms with Crippen molar-refractivity contribution in [1.29, 1.82) is 0 Å². The molecule has 0 aromatic heterocycles. The molecule has 0 bridgehead atoms. The molecule has 0 spiro atoms. The largest absolute Gasteiger partial charge is 0.507 e. The average molecular weight is 272 g/mol. The fraction of sp³-hybridized carbons (Fsp3) is 0.0625. The lowest BCUT2D eigenvalue weighted by Gasteiger charge is -2.04. The normalized spacial score (nSPS) is 11.4. The summed E-state index contributed by atoms with van der Waals surface area (Å²) >= 11 is 0. The van der Waals surface area contributed by atoms with Crippen LogP contribution in [-0.4, -0.2) is 16.0 Å². The zero-order valence-corrected chi connectivity index (χ0v) is 10.8. The van der Waals surface area contributed by atoms with Gasteiger partial charge in [-0.05, 0) is 31.2 Å². The summed E-state index contributed by atoms with van der Waals surface area (Å²) in [6, 6.07) is 9.88. The molecule has 2 rings (SSSR count). The number of carbonyl (C=O) groups is 1. The molecule has 102 valence electrons. The SMILES string of the molecule is Cc1ccc(O)c(C(=O)/C=C(\O)c2cccc(F)c2)c1. The zero-order chi connectivity index (χ0) is 14.7. The van der Waals surface area contributed by atoms with Crippen LogP contribution in [-0.2, 0) is 0 Å². The van der Waals surface area contributed by atoms with E-state index in [0.717, 1.165) is 17.7 Å². The molecule has 0 aliphatic carbocycles. The number of phenolic OH excluding ortho intramolecular Hbond substituents is 1. The molecule has 0 atom stereocenters. The van der Waals surface area contributed by atoms with Crippen LogP contribution in [0.15, 0.2) is 48.5 Å². The minimum Gasteiger partial charge on any atom is -0.507 e. The number of aromatic hydroxyl groups is 1. The van der Waals surface area contributed by atoms with Gasteiger partial charge in [-0.25, -0.2) is 4.39 Å². The molecule has 0 saturated carbocycles. The van der Waals surface area contributed by atoms with Gasteiger partial charge in [0.05, 0.1) is 5.56 Å². The molecule has 0 amide bonds. The van der Waals surface area contributed by atoms with Crippen molar-refractivity contribution in [2.45, 2.75) is 6.92 Å². The van der Waals surface area contributed by atoms with E-state index in [1.165, 1.54) is 30.3 Å². The van der Waals surface area contributed by atoms with Crippen LogP contribution in [0.3, 0.4) is 0 Å². The van der Waals surface area contributed by atoms with Gasteiger partial charge in [-0.2, -0.15) is 0 Å². The number of rotatable bonds is 3. The van der Waals surface area contributed by atoms with Crippen LogP contribution in [0.2, 0.25) is 0 Å². The number of aliphatic hydroxyl groups excluding tert-OH is 1. The molecule has 0 unspecified atom stereocenters. The maximum absolute atomic E-state index is 13.0. The highest BCUT2D eigenvalue weighted by Gasteiger charge is 2.11. The van der Waals surface area contributed by atoms with Crippen molar-refractivity contribution < 1.29 is 19.4 Å². The third-order valence-electron chi connectivity index (χ3n) is 2.81. The van der Waals surface area contributed by atoms with E-state index < -0.39 is 11.6 Å². The summed E-state index contributed by atoms with van der Waals surface area (Å²) in [4.78, 5) is 12.0. The molecular formula is C16H13FO3. The Morgan fingerprint density at radius 2 is 1.95 bits per heavy atom. The summed E-state index contributed by atoms with van der Waals surface area (Å²) in [7, 11) is 0. The highest BCUT2D eigenvalue weighted by atomic mass is 19.1. The van der Waals surface area contributed by atoms with Gasteiger partial charge >= 0.3 is 0 Å². The monoisotopic (exact) mass is 272 g/mol. The Morgan fingerprint density at radius 3 is 2.65 bits per heavy atom. The summed E-state index contributed by atoms with van der Waals surface area (Å²) in [6.07, 6.45) is 0.962. The summed E-state index contributed by atoms with van der Waals surface area (Å²) in [5, 5.41) is 19.5. The highest BCUT2D eigenvalue weighted by Crippen LogP contribution is 2.21. The van der Waals surface area contributed by atoms with Crippen molar-refractivity contribution >= 4 is 11.5 Å². The second-order valence-electron chi connectivity index (χ2n) is 4.42. The van der Waals surface area contributed by atoms with E-state index in [-0.39, 0.29) is 22.6 Å². The van der Waals surface area contributed by atoms with E-state index in [4.69, 9.17) is 0 Å². The topological polar surface area (TPSA) is 57.5 Å². The molecule has 0 radical (unpaired) electrons. The lowest BCUT2D eigenvalue weighted by atomic mass is 10.0. The van der Waals surface area contributed by atoms with Crippen LogP contribution in [0.4, 0.5) is 4.39 Å². The number of phenols is 1. The smallest absolute Gasteiger partial charge is 0.193 e. The molecule has 0 fully saturated rings. The molecule has 0 aliphatic heterocycles. The zero-order valence-electron chi connectivity index (χ0n) is 10.8. The number of benzene rings is 2. The van der Waals surface area contributed by atoms with Gasteiger partial charge in [0.25, 0.3) is 0 Å². The standard InChI is InChI=1S/C16H13FO3/c1-10-5-6-14(18)13(7-10)16(20)9-15(19)11-3-2-4-12(17)8-11/h2-9,18-19H,1H3/b15-9-. The van der Waals surface area contributed by atoms with Crippen molar-refractivity contribution in [3.8, 4) is 5.75 Å². The Labute approximate surface area is 115 Å². The van der Waals surface area contributed by atoms with Crippen LogP contribution in [0.25, 0.3) is 5.76 Å². The second kappa shape index (κ2) is 5.57. The van der Waals surface area contributed by atoms with E-state index >= 15 is 0 Å². The third kappa shape index (κ3) is 3.03. The van der Waals surface area contributed by atoms with Crippen molar-refractivity contribution in [2.24, 2.45) is 0 Å². The minimum absolute atomic E-state index is 0.0907. The van der Waals surface area contributed by atoms with Gasteiger partial charge in [-0.15, -0.1) is 0 Å². The third-order valence-corrected chi connectivity index (χ3v) is 2.81. The fourth-order valence-corrected chi connectivity index (χ4v) is 1.78. The van der Waals surface area contributed by atoms with Gasteiger partial charge in [0.15, 0.2) is 5.78 Å². The van der Waals surface area contributed by atoms with Crippen LogP contribution < -0.4 is 0 Å². The first-order valence-electron chi connectivity index (χ1n) is 5.98. The lowest BCUT2D eigenvalue weighted by molar-refractivity contribution is 0.104. The van der Waals surface area contributed by atoms with Gasteiger partial charge in [-0.3, -0.25) is 4.79 Å². The van der Waals surface area contributed by atoms with Gasteiger partial charge < -0.3 is 10.2 Å². The summed E-state index contributed by atoms with van der Waals surface area (Å²) in [6.45, 7) is 1.78. The van der Waals surface area contributed by atoms with Crippen LogP contribution in [0.1, 0.15) is 21.5 Å². The van der Waals surface area contributed by atoms with E-state index in [2.05, 4.69) is 0 Å². The highest BCUT2D eigenvalue weighted by molar-refractivity contribution is 6.09. The first-order chi connectivity index (χ1) is 9.47. The van der Waals surface area contributed by atoms with Crippen LogP contribution >= 0.6 is 0 Å². The van der Waals surface area contributed by atoms with E-state index in [1.54, 1.807) is 13.0 Å². The average Bonchev–Trinajstić information content (AvgIpc) is 2.41. The number of allylic oxidation sites excluding steroid dienone is 1. The Balaban J connectivity index is 2.34. The number of hydrogen-bond acceptors (Lipinski definition) is 3. The van der Waals surface area contributed by atoms with Gasteiger partial charge in [0.1, 0.15) is 17.3 Å². The Morgan fingerprint density at radius 1 is 1.20 bits per heavy atom. The van der Waals surface area contributed by atoms with E-state index in [9.17, 15) is 19.4 Å². The first-order valence-corrected chi connectivity index (χ1v) is 5.98. The van der Waals surface area contributed by atoms with Crippen molar-refractivity contribution in [3.63, 3.8) is 0 Å². The molecule has 20 heavy (non-hydrogen) atoms. The van der Waals surface area contributed by atoms with Crippen molar-refractivity contribution in [1.82, 2.24) is 0 Å². The maximum Gasteiger partial charge on any atom is 0.193 e. The molecule has 2 aromatic carbocycles. The molecule has 3 nitrogen and oxygen atoms in total. The van der Waals surface area contributed by atoms with Gasteiger partial charge in [0, 0.05) is 11.6 Å². The molecule has 2 N–H and O–H groups in total. The summed E-state index contributed by atoms with van der Waals surface area (Å²) in [5.74, 6) is -1.57. The molecule has 0 saturated heterocycles. The van der Waals surface area contributed by atoms with Gasteiger partial charge in [-0.1, -0.05) is 23.8 Å². The molecule has 2 aromatic rings.